The van der Waals surface area contributed by atoms with Crippen molar-refractivity contribution < 1.29 is 22.7 Å². The number of rotatable bonds is 5. The van der Waals surface area contributed by atoms with Gasteiger partial charge in [0.25, 0.3) is 0 Å². The molecule has 0 aromatic heterocycles. The van der Waals surface area contributed by atoms with Crippen LogP contribution in [0.2, 0.25) is 25.7 Å². The standard InChI is InChI=1S/C9H16ClNO5SSi/c1-18(2,3)5-4-17(14,15)11-7(8(10)12)6-16-9(11)13/h7H,4-6H2,1-3H3/t7-/m1/s1. The zero-order valence-corrected chi connectivity index (χ0v) is 13.0. The maximum Gasteiger partial charge on any atom is 0.424 e. The summed E-state index contributed by atoms with van der Waals surface area (Å²) in [5, 5.41) is -0.905. The molecule has 1 rings (SSSR count). The van der Waals surface area contributed by atoms with Crippen molar-refractivity contribution in [2.75, 3.05) is 12.4 Å². The monoisotopic (exact) mass is 313 g/mol. The van der Waals surface area contributed by atoms with Gasteiger partial charge >= 0.3 is 6.09 Å². The Balaban J connectivity index is 2.89. The highest BCUT2D eigenvalue weighted by Gasteiger charge is 2.45. The summed E-state index contributed by atoms with van der Waals surface area (Å²) < 4.78 is 29.1. The summed E-state index contributed by atoms with van der Waals surface area (Å²) in [5.41, 5.74) is 0. The van der Waals surface area contributed by atoms with Crippen LogP contribution in [0, 0.1) is 0 Å². The first-order valence-corrected chi connectivity index (χ1v) is 11.1. The average molecular weight is 314 g/mol. The van der Waals surface area contributed by atoms with Gasteiger partial charge in [-0.25, -0.2) is 13.2 Å². The van der Waals surface area contributed by atoms with Crippen LogP contribution in [-0.2, 0) is 19.6 Å². The molecule has 1 atom stereocenters. The molecule has 0 spiro atoms. The second kappa shape index (κ2) is 5.18. The van der Waals surface area contributed by atoms with Crippen molar-refractivity contribution in [2.24, 2.45) is 0 Å². The molecule has 1 saturated heterocycles. The summed E-state index contributed by atoms with van der Waals surface area (Å²) in [4.78, 5) is 22.5. The van der Waals surface area contributed by atoms with Gasteiger partial charge in [0.15, 0.2) is 6.04 Å². The van der Waals surface area contributed by atoms with Gasteiger partial charge < -0.3 is 4.74 Å². The van der Waals surface area contributed by atoms with Crippen LogP contribution in [0.25, 0.3) is 0 Å². The Morgan fingerprint density at radius 2 is 2.06 bits per heavy atom. The molecule has 1 fully saturated rings. The predicted octanol–water partition coefficient (Wildman–Crippen LogP) is 1.24. The zero-order valence-electron chi connectivity index (χ0n) is 10.5. The largest absolute Gasteiger partial charge is 0.446 e. The molecule has 104 valence electrons. The Bertz CT molecular complexity index is 458. The lowest BCUT2D eigenvalue weighted by Gasteiger charge is -2.21. The Morgan fingerprint density at radius 1 is 1.50 bits per heavy atom. The van der Waals surface area contributed by atoms with Gasteiger partial charge in [-0.05, 0) is 17.6 Å². The SMILES string of the molecule is C[Si](C)(C)CCS(=O)(=O)N1C(=O)OC[C@@H]1C(=O)Cl. The van der Waals surface area contributed by atoms with Crippen LogP contribution in [0.15, 0.2) is 0 Å². The van der Waals surface area contributed by atoms with Crippen molar-refractivity contribution in [2.45, 2.75) is 31.7 Å². The molecule has 1 heterocycles. The zero-order chi connectivity index (χ0) is 14.1. The van der Waals surface area contributed by atoms with Crippen LogP contribution in [0.3, 0.4) is 0 Å². The highest BCUT2D eigenvalue weighted by molar-refractivity contribution is 7.89. The maximum atomic E-state index is 12.0. The molecule has 9 heteroatoms. The van der Waals surface area contributed by atoms with E-state index in [1.807, 2.05) is 19.6 Å². The molecule has 0 unspecified atom stereocenters. The molecule has 6 nitrogen and oxygen atoms in total. The van der Waals surface area contributed by atoms with E-state index in [1.165, 1.54) is 0 Å². The van der Waals surface area contributed by atoms with Crippen molar-refractivity contribution >= 4 is 41.0 Å². The van der Waals surface area contributed by atoms with Crippen LogP contribution < -0.4 is 0 Å². The average Bonchev–Trinajstić information content (AvgIpc) is 2.57. The van der Waals surface area contributed by atoms with Gasteiger partial charge in [-0.3, -0.25) is 4.79 Å². The summed E-state index contributed by atoms with van der Waals surface area (Å²) in [6.45, 7) is 5.76. The van der Waals surface area contributed by atoms with Crippen molar-refractivity contribution in [1.29, 1.82) is 0 Å². The van der Waals surface area contributed by atoms with Gasteiger partial charge in [-0.15, -0.1) is 0 Å². The molecule has 0 aromatic rings. The van der Waals surface area contributed by atoms with E-state index in [-0.39, 0.29) is 12.4 Å². The van der Waals surface area contributed by atoms with Gasteiger partial charge in [0.05, 0.1) is 5.75 Å². The van der Waals surface area contributed by atoms with Gasteiger partial charge in [0.1, 0.15) is 6.61 Å². The van der Waals surface area contributed by atoms with Crippen LogP contribution in [0.4, 0.5) is 4.79 Å². The summed E-state index contributed by atoms with van der Waals surface area (Å²) in [5.74, 6) is -0.168. The molecule has 0 N–H and O–H groups in total. The van der Waals surface area contributed by atoms with Gasteiger partial charge in [0.2, 0.25) is 15.3 Å². The summed E-state index contributed by atoms with van der Waals surface area (Å²) in [6, 6.07) is -0.728. The molecule has 18 heavy (non-hydrogen) atoms. The van der Waals surface area contributed by atoms with E-state index in [2.05, 4.69) is 4.74 Å². The third kappa shape index (κ3) is 3.69. The van der Waals surface area contributed by atoms with Gasteiger partial charge in [0, 0.05) is 8.07 Å². The van der Waals surface area contributed by atoms with Crippen molar-refractivity contribution in [3.05, 3.63) is 0 Å². The van der Waals surface area contributed by atoms with Crippen LogP contribution in [0.5, 0.6) is 0 Å². The number of nitrogens with zero attached hydrogens (tertiary/aromatic N) is 1. The molecule has 0 saturated carbocycles. The van der Waals surface area contributed by atoms with E-state index in [0.29, 0.717) is 10.3 Å². The van der Waals surface area contributed by atoms with E-state index in [1.54, 1.807) is 0 Å². The Hall–Kier alpha value is -0.603. The maximum absolute atomic E-state index is 12.0. The van der Waals surface area contributed by atoms with E-state index in [4.69, 9.17) is 11.6 Å². The second-order valence-corrected chi connectivity index (χ2v) is 13.3. The first-order valence-electron chi connectivity index (χ1n) is 5.43. The highest BCUT2D eigenvalue weighted by Crippen LogP contribution is 2.22. The molecule has 0 aromatic carbocycles. The molecule has 1 aliphatic heterocycles. The van der Waals surface area contributed by atoms with E-state index >= 15 is 0 Å². The van der Waals surface area contributed by atoms with Crippen LogP contribution in [-0.4, -0.2) is 50.5 Å². The minimum Gasteiger partial charge on any atom is -0.446 e. The van der Waals surface area contributed by atoms with Crippen molar-refractivity contribution in [1.82, 2.24) is 4.31 Å². The molecule has 1 aliphatic rings. The van der Waals surface area contributed by atoms with Crippen molar-refractivity contribution in [3.63, 3.8) is 0 Å². The molecule has 0 radical (unpaired) electrons. The van der Waals surface area contributed by atoms with Crippen LogP contribution >= 0.6 is 11.6 Å². The molecule has 0 aliphatic carbocycles. The fourth-order valence-electron chi connectivity index (χ4n) is 1.41. The Kier molecular flexibility index (Phi) is 4.45. The lowest BCUT2D eigenvalue weighted by molar-refractivity contribution is -0.114. The second-order valence-electron chi connectivity index (χ2n) is 5.32. The minimum atomic E-state index is -3.85. The quantitative estimate of drug-likeness (QED) is 0.563. The van der Waals surface area contributed by atoms with Gasteiger partial charge in [-0.1, -0.05) is 19.6 Å². The number of halogens is 1. The fourth-order valence-corrected chi connectivity index (χ4v) is 6.13. The lowest BCUT2D eigenvalue weighted by atomic mass is 10.4. The topological polar surface area (TPSA) is 80.8 Å². The smallest absolute Gasteiger partial charge is 0.424 e. The first kappa shape index (κ1) is 15.5. The fraction of sp³-hybridized carbons (Fsp3) is 0.778. The predicted molar refractivity (Wildman–Crippen MR) is 69.8 cm³/mol. The third-order valence-electron chi connectivity index (χ3n) is 2.50. The van der Waals surface area contributed by atoms with Crippen molar-refractivity contribution in [3.8, 4) is 0 Å². The number of hydrogen-bond donors (Lipinski definition) is 0. The summed E-state index contributed by atoms with van der Waals surface area (Å²) >= 11 is 5.27. The normalized spacial score (nSPS) is 21.0. The summed E-state index contributed by atoms with van der Waals surface area (Å²) in [6.07, 6.45) is -1.02. The number of carbonyl (C=O) groups is 2. The number of hydrogen-bond acceptors (Lipinski definition) is 5. The Morgan fingerprint density at radius 3 is 2.50 bits per heavy atom. The van der Waals surface area contributed by atoms with Gasteiger partial charge in [-0.2, -0.15) is 4.31 Å². The first-order chi connectivity index (χ1) is 8.04. The lowest BCUT2D eigenvalue weighted by Crippen LogP contribution is -2.44. The molecular formula is C9H16ClNO5SSi. The number of carbonyl (C=O) groups excluding carboxylic acids is 2. The molecule has 1 amide bonds. The summed E-state index contributed by atoms with van der Waals surface area (Å²) in [7, 11) is -5.41. The minimum absolute atomic E-state index is 0.168. The van der Waals surface area contributed by atoms with E-state index < -0.39 is 35.5 Å². The van der Waals surface area contributed by atoms with E-state index in [0.717, 1.165) is 0 Å². The highest BCUT2D eigenvalue weighted by atomic mass is 35.5. The Labute approximate surface area is 112 Å². The number of amides is 1. The van der Waals surface area contributed by atoms with E-state index in [9.17, 15) is 18.0 Å². The third-order valence-corrected chi connectivity index (χ3v) is 6.59. The van der Waals surface area contributed by atoms with Crippen LogP contribution in [0.1, 0.15) is 0 Å². The molecular weight excluding hydrogens is 298 g/mol. The number of cyclic esters (lactones) is 1. The number of sulfonamides is 1. The molecule has 0 bridgehead atoms. The number of ether oxygens (including phenoxy) is 1.